The zero-order valence-electron chi connectivity index (χ0n) is 12.8. The maximum Gasteiger partial charge on any atom is 0.225 e. The summed E-state index contributed by atoms with van der Waals surface area (Å²) in [5.41, 5.74) is 0.578. The molecule has 20 heavy (non-hydrogen) atoms. The molecule has 0 saturated carbocycles. The van der Waals surface area contributed by atoms with E-state index in [0.29, 0.717) is 0 Å². The van der Waals surface area contributed by atoms with Crippen LogP contribution in [0.25, 0.3) is 0 Å². The molecule has 1 atom stereocenters. The van der Waals surface area contributed by atoms with Crippen molar-refractivity contribution in [2.24, 2.45) is 5.41 Å². The molecular weight excluding hydrogens is 252 g/mol. The molecular formula is C15H24N4O. The van der Waals surface area contributed by atoms with Crippen molar-refractivity contribution in [1.29, 1.82) is 0 Å². The fourth-order valence-corrected chi connectivity index (χ4v) is 2.31. The topological polar surface area (TPSA) is 58.1 Å². The molecule has 1 unspecified atom stereocenters. The highest BCUT2D eigenvalue weighted by Gasteiger charge is 2.27. The molecule has 5 nitrogen and oxygen atoms in total. The fourth-order valence-electron chi connectivity index (χ4n) is 2.31. The van der Waals surface area contributed by atoms with Crippen LogP contribution in [-0.4, -0.2) is 35.0 Å². The highest BCUT2D eigenvalue weighted by atomic mass is 16.2. The van der Waals surface area contributed by atoms with Crippen molar-refractivity contribution < 1.29 is 4.79 Å². The van der Waals surface area contributed by atoms with Gasteiger partial charge in [0.2, 0.25) is 5.91 Å². The van der Waals surface area contributed by atoms with Gasteiger partial charge in [0.1, 0.15) is 5.82 Å². The van der Waals surface area contributed by atoms with Crippen LogP contribution in [0.2, 0.25) is 0 Å². The van der Waals surface area contributed by atoms with E-state index in [-0.39, 0.29) is 17.4 Å². The third-order valence-electron chi connectivity index (χ3n) is 3.50. The minimum Gasteiger partial charge on any atom is -0.353 e. The summed E-state index contributed by atoms with van der Waals surface area (Å²) in [5, 5.41) is 3.14. The first-order chi connectivity index (χ1) is 9.36. The first kappa shape index (κ1) is 14.8. The van der Waals surface area contributed by atoms with Gasteiger partial charge in [0.25, 0.3) is 0 Å². The van der Waals surface area contributed by atoms with E-state index in [9.17, 15) is 4.79 Å². The third kappa shape index (κ3) is 3.68. The second-order valence-corrected chi connectivity index (χ2v) is 6.53. The van der Waals surface area contributed by atoms with Crippen LogP contribution in [0.1, 0.15) is 39.3 Å². The van der Waals surface area contributed by atoms with Crippen LogP contribution < -0.4 is 10.2 Å². The first-order valence-corrected chi connectivity index (χ1v) is 7.21. The smallest absolute Gasteiger partial charge is 0.225 e. The molecule has 5 heteroatoms. The standard InChI is InChI=1S/C15H24N4O/c1-11-8-16-9-13(17-11)19-7-5-6-12(10-19)18-14(20)15(2,3)4/h8-9,12H,5-7,10H2,1-4H3,(H,18,20). The SMILES string of the molecule is Cc1cncc(N2CCCC(NC(=O)C(C)(C)C)C2)n1. The number of aryl methyl sites for hydroxylation is 1. The van der Waals surface area contributed by atoms with E-state index in [1.54, 1.807) is 12.4 Å². The fraction of sp³-hybridized carbons (Fsp3) is 0.667. The summed E-state index contributed by atoms with van der Waals surface area (Å²) >= 11 is 0. The zero-order chi connectivity index (χ0) is 14.8. The van der Waals surface area contributed by atoms with Crippen molar-refractivity contribution in [3.8, 4) is 0 Å². The predicted molar refractivity (Wildman–Crippen MR) is 79.6 cm³/mol. The first-order valence-electron chi connectivity index (χ1n) is 7.21. The van der Waals surface area contributed by atoms with Gasteiger partial charge in [0, 0.05) is 30.7 Å². The van der Waals surface area contributed by atoms with Gasteiger partial charge in [-0.05, 0) is 19.8 Å². The lowest BCUT2D eigenvalue weighted by Crippen LogP contribution is -2.50. The number of nitrogens with zero attached hydrogens (tertiary/aromatic N) is 3. The van der Waals surface area contributed by atoms with Crippen LogP contribution in [0, 0.1) is 12.3 Å². The van der Waals surface area contributed by atoms with Crippen molar-refractivity contribution in [3.05, 3.63) is 18.1 Å². The Balaban J connectivity index is 2.00. The molecule has 1 aliphatic heterocycles. The minimum absolute atomic E-state index is 0.111. The van der Waals surface area contributed by atoms with Crippen molar-refractivity contribution in [2.45, 2.75) is 46.6 Å². The number of piperidine rings is 1. The second kappa shape index (κ2) is 5.77. The number of anilines is 1. The van der Waals surface area contributed by atoms with Crippen LogP contribution in [0.5, 0.6) is 0 Å². The summed E-state index contributed by atoms with van der Waals surface area (Å²) in [6.07, 6.45) is 5.63. The summed E-state index contributed by atoms with van der Waals surface area (Å²) in [5.74, 6) is 1.01. The maximum absolute atomic E-state index is 12.1. The Kier molecular flexibility index (Phi) is 4.26. The van der Waals surface area contributed by atoms with Gasteiger partial charge in [-0.15, -0.1) is 0 Å². The summed E-state index contributed by atoms with van der Waals surface area (Å²) in [6, 6.07) is 0.192. The molecule has 1 aromatic heterocycles. The highest BCUT2D eigenvalue weighted by molar-refractivity contribution is 5.81. The normalized spacial score (nSPS) is 19.8. The van der Waals surface area contributed by atoms with Crippen molar-refractivity contribution >= 4 is 11.7 Å². The summed E-state index contributed by atoms with van der Waals surface area (Å²) in [4.78, 5) is 23.0. The average molecular weight is 276 g/mol. The molecule has 1 aliphatic rings. The van der Waals surface area contributed by atoms with Gasteiger partial charge >= 0.3 is 0 Å². The number of nitrogens with one attached hydrogen (secondary N) is 1. The van der Waals surface area contributed by atoms with E-state index in [0.717, 1.165) is 37.4 Å². The van der Waals surface area contributed by atoms with Crippen LogP contribution >= 0.6 is 0 Å². The Morgan fingerprint density at radius 3 is 2.80 bits per heavy atom. The molecule has 2 rings (SSSR count). The number of aromatic nitrogens is 2. The van der Waals surface area contributed by atoms with Crippen LogP contribution in [0.3, 0.4) is 0 Å². The van der Waals surface area contributed by atoms with E-state index >= 15 is 0 Å². The number of rotatable bonds is 2. The minimum atomic E-state index is -0.342. The maximum atomic E-state index is 12.1. The molecule has 2 heterocycles. The van der Waals surface area contributed by atoms with Gasteiger partial charge in [-0.25, -0.2) is 4.98 Å². The van der Waals surface area contributed by atoms with Crippen molar-refractivity contribution in [3.63, 3.8) is 0 Å². The molecule has 110 valence electrons. The molecule has 1 saturated heterocycles. The molecule has 0 aliphatic carbocycles. The van der Waals surface area contributed by atoms with E-state index in [1.807, 2.05) is 27.7 Å². The molecule has 0 spiro atoms. The summed E-state index contributed by atoms with van der Waals surface area (Å²) in [7, 11) is 0. The van der Waals surface area contributed by atoms with Gasteiger partial charge in [-0.2, -0.15) is 0 Å². The lowest BCUT2D eigenvalue weighted by molar-refractivity contribution is -0.129. The van der Waals surface area contributed by atoms with E-state index in [1.165, 1.54) is 0 Å². The predicted octanol–water partition coefficient (Wildman–Crippen LogP) is 1.92. The van der Waals surface area contributed by atoms with Crippen LogP contribution in [0.15, 0.2) is 12.4 Å². The van der Waals surface area contributed by atoms with Gasteiger partial charge < -0.3 is 10.2 Å². The van der Waals surface area contributed by atoms with Crippen LogP contribution in [0.4, 0.5) is 5.82 Å². The molecule has 1 aromatic rings. The number of hydrogen-bond donors (Lipinski definition) is 1. The lowest BCUT2D eigenvalue weighted by Gasteiger charge is -2.35. The Morgan fingerprint density at radius 2 is 2.15 bits per heavy atom. The number of carbonyl (C=O) groups excluding carboxylic acids is 1. The Hall–Kier alpha value is -1.65. The summed E-state index contributed by atoms with van der Waals surface area (Å²) in [6.45, 7) is 9.54. The molecule has 1 fully saturated rings. The molecule has 0 aromatic carbocycles. The number of carbonyl (C=O) groups is 1. The molecule has 1 N–H and O–H groups in total. The quantitative estimate of drug-likeness (QED) is 0.896. The van der Waals surface area contributed by atoms with Gasteiger partial charge in [0.05, 0.1) is 11.9 Å². The second-order valence-electron chi connectivity index (χ2n) is 6.53. The Morgan fingerprint density at radius 1 is 1.40 bits per heavy atom. The highest BCUT2D eigenvalue weighted by Crippen LogP contribution is 2.19. The Bertz CT molecular complexity index is 481. The van der Waals surface area contributed by atoms with E-state index < -0.39 is 0 Å². The van der Waals surface area contributed by atoms with Crippen LogP contribution in [-0.2, 0) is 4.79 Å². The molecule has 1 amide bonds. The zero-order valence-corrected chi connectivity index (χ0v) is 12.8. The van der Waals surface area contributed by atoms with Crippen molar-refractivity contribution in [2.75, 3.05) is 18.0 Å². The van der Waals surface area contributed by atoms with Gasteiger partial charge in [-0.3, -0.25) is 9.78 Å². The average Bonchev–Trinajstić information content (AvgIpc) is 2.38. The van der Waals surface area contributed by atoms with Crippen molar-refractivity contribution in [1.82, 2.24) is 15.3 Å². The largest absolute Gasteiger partial charge is 0.353 e. The summed E-state index contributed by atoms with van der Waals surface area (Å²) < 4.78 is 0. The van der Waals surface area contributed by atoms with E-state index in [2.05, 4.69) is 20.2 Å². The van der Waals surface area contributed by atoms with Gasteiger partial charge in [-0.1, -0.05) is 20.8 Å². The molecule has 0 radical (unpaired) electrons. The number of hydrogen-bond acceptors (Lipinski definition) is 4. The lowest BCUT2D eigenvalue weighted by atomic mass is 9.94. The molecule has 0 bridgehead atoms. The number of amides is 1. The Labute approximate surface area is 120 Å². The van der Waals surface area contributed by atoms with E-state index in [4.69, 9.17) is 0 Å². The third-order valence-corrected chi connectivity index (χ3v) is 3.50. The monoisotopic (exact) mass is 276 g/mol. The van der Waals surface area contributed by atoms with Gasteiger partial charge in [0.15, 0.2) is 0 Å².